The Hall–Kier alpha value is -0.860. The summed E-state index contributed by atoms with van der Waals surface area (Å²) in [7, 11) is 0. The van der Waals surface area contributed by atoms with Crippen LogP contribution >= 0.6 is 11.6 Å². The van der Waals surface area contributed by atoms with E-state index in [2.05, 4.69) is 18.7 Å². The van der Waals surface area contributed by atoms with Crippen LogP contribution < -0.4 is 0 Å². The van der Waals surface area contributed by atoms with Gasteiger partial charge in [-0.2, -0.15) is 0 Å². The summed E-state index contributed by atoms with van der Waals surface area (Å²) in [5, 5.41) is 0.603. The Morgan fingerprint density at radius 1 is 1.29 bits per heavy atom. The van der Waals surface area contributed by atoms with E-state index >= 15 is 0 Å². The van der Waals surface area contributed by atoms with E-state index in [0.29, 0.717) is 10.6 Å². The lowest BCUT2D eigenvalue weighted by molar-refractivity contribution is 0.0669. The van der Waals surface area contributed by atoms with E-state index in [-0.39, 0.29) is 5.78 Å². The number of ketones is 1. The zero-order valence-electron chi connectivity index (χ0n) is 11.0. The van der Waals surface area contributed by atoms with Crippen molar-refractivity contribution in [2.75, 3.05) is 13.1 Å². The third-order valence-electron chi connectivity index (χ3n) is 3.20. The van der Waals surface area contributed by atoms with Gasteiger partial charge in [0.2, 0.25) is 0 Å². The van der Waals surface area contributed by atoms with Crippen LogP contribution in [0.1, 0.15) is 38.1 Å². The lowest BCUT2D eigenvalue weighted by Gasteiger charge is -2.35. The van der Waals surface area contributed by atoms with E-state index in [1.165, 1.54) is 0 Å². The molecule has 2 nitrogen and oxygen atoms in total. The monoisotopic (exact) mass is 253 g/mol. The lowest BCUT2D eigenvalue weighted by atomic mass is 9.91. The summed E-state index contributed by atoms with van der Waals surface area (Å²) in [6.45, 7) is 9.77. The summed E-state index contributed by atoms with van der Waals surface area (Å²) in [6, 6.07) is 7.14. The molecule has 0 unspecified atom stereocenters. The second-order valence-electron chi connectivity index (χ2n) is 4.57. The van der Waals surface area contributed by atoms with E-state index in [9.17, 15) is 4.79 Å². The Morgan fingerprint density at radius 3 is 2.35 bits per heavy atom. The summed E-state index contributed by atoms with van der Waals surface area (Å²) in [5.74, 6) is 0.115. The van der Waals surface area contributed by atoms with Gasteiger partial charge in [0.25, 0.3) is 0 Å². The Kier molecular flexibility index (Phi) is 4.72. The normalized spacial score (nSPS) is 11.9. The van der Waals surface area contributed by atoms with E-state index in [1.54, 1.807) is 12.1 Å². The fourth-order valence-electron chi connectivity index (χ4n) is 2.14. The van der Waals surface area contributed by atoms with Crippen LogP contribution in [0.4, 0.5) is 0 Å². The van der Waals surface area contributed by atoms with Gasteiger partial charge in [-0.3, -0.25) is 9.69 Å². The average Bonchev–Trinajstić information content (AvgIpc) is 2.29. The molecule has 0 heterocycles. The van der Waals surface area contributed by atoms with Crippen molar-refractivity contribution < 1.29 is 4.79 Å². The van der Waals surface area contributed by atoms with Crippen molar-refractivity contribution in [1.29, 1.82) is 0 Å². The molecule has 0 bridgehead atoms. The van der Waals surface area contributed by atoms with Crippen molar-refractivity contribution in [3.05, 3.63) is 34.9 Å². The standard InChI is InChI=1S/C14H20ClNO/c1-5-16(6-2)14(3,4)13(17)11-8-7-9-12(15)10-11/h7-10H,5-6H2,1-4H3. The lowest BCUT2D eigenvalue weighted by Crippen LogP contribution is -2.49. The molecule has 0 amide bonds. The number of hydrogen-bond donors (Lipinski definition) is 0. The minimum absolute atomic E-state index is 0.115. The molecule has 0 saturated carbocycles. The molecule has 0 atom stereocenters. The fourth-order valence-corrected chi connectivity index (χ4v) is 2.33. The van der Waals surface area contributed by atoms with Crippen LogP contribution in [0.3, 0.4) is 0 Å². The largest absolute Gasteiger partial charge is 0.292 e. The molecule has 0 aliphatic heterocycles. The Bertz CT molecular complexity index is 397. The first kappa shape index (κ1) is 14.2. The molecule has 0 N–H and O–H groups in total. The average molecular weight is 254 g/mol. The van der Waals surface area contributed by atoms with Gasteiger partial charge in [0.05, 0.1) is 5.54 Å². The van der Waals surface area contributed by atoms with Gasteiger partial charge in [-0.05, 0) is 39.1 Å². The van der Waals surface area contributed by atoms with Crippen LogP contribution in [0, 0.1) is 0 Å². The molecular formula is C14H20ClNO. The Morgan fingerprint density at radius 2 is 1.88 bits per heavy atom. The maximum atomic E-state index is 12.5. The van der Waals surface area contributed by atoms with Crippen LogP contribution in [0.15, 0.2) is 24.3 Å². The summed E-state index contributed by atoms with van der Waals surface area (Å²) < 4.78 is 0. The van der Waals surface area contributed by atoms with Gasteiger partial charge in [0.1, 0.15) is 0 Å². The number of likely N-dealkylation sites (N-methyl/N-ethyl adjacent to an activating group) is 1. The first-order valence-corrected chi connectivity index (χ1v) is 6.36. The van der Waals surface area contributed by atoms with Gasteiger partial charge in [-0.1, -0.05) is 37.6 Å². The number of nitrogens with zero attached hydrogens (tertiary/aromatic N) is 1. The number of halogens is 1. The molecule has 0 aliphatic rings. The summed E-state index contributed by atoms with van der Waals surface area (Å²) in [5.41, 5.74) is 0.183. The van der Waals surface area contributed by atoms with Crippen LogP contribution in [0.5, 0.6) is 0 Å². The number of carbonyl (C=O) groups is 1. The van der Waals surface area contributed by atoms with Crippen molar-refractivity contribution in [2.24, 2.45) is 0 Å². The van der Waals surface area contributed by atoms with Gasteiger partial charge in [0.15, 0.2) is 5.78 Å². The zero-order valence-corrected chi connectivity index (χ0v) is 11.7. The smallest absolute Gasteiger partial charge is 0.182 e. The maximum absolute atomic E-state index is 12.5. The quantitative estimate of drug-likeness (QED) is 0.747. The van der Waals surface area contributed by atoms with E-state index < -0.39 is 5.54 Å². The number of Topliss-reactive ketones (excluding diaryl/α,β-unsaturated/α-hetero) is 1. The van der Waals surface area contributed by atoms with Gasteiger partial charge < -0.3 is 0 Å². The van der Waals surface area contributed by atoms with Gasteiger partial charge in [-0.25, -0.2) is 0 Å². The highest BCUT2D eigenvalue weighted by atomic mass is 35.5. The summed E-state index contributed by atoms with van der Waals surface area (Å²) >= 11 is 5.92. The van der Waals surface area contributed by atoms with E-state index in [1.807, 2.05) is 26.0 Å². The second-order valence-corrected chi connectivity index (χ2v) is 5.01. The molecule has 94 valence electrons. The van der Waals surface area contributed by atoms with Crippen LogP contribution in [0.2, 0.25) is 5.02 Å². The van der Waals surface area contributed by atoms with E-state index in [4.69, 9.17) is 11.6 Å². The molecular weight excluding hydrogens is 234 g/mol. The molecule has 17 heavy (non-hydrogen) atoms. The molecule has 0 radical (unpaired) electrons. The predicted molar refractivity (Wildman–Crippen MR) is 72.8 cm³/mol. The highest BCUT2D eigenvalue weighted by molar-refractivity contribution is 6.31. The van der Waals surface area contributed by atoms with Crippen molar-refractivity contribution in [3.63, 3.8) is 0 Å². The Labute approximate surface area is 109 Å². The first-order chi connectivity index (χ1) is 7.93. The highest BCUT2D eigenvalue weighted by Crippen LogP contribution is 2.22. The topological polar surface area (TPSA) is 20.3 Å². The van der Waals surface area contributed by atoms with Crippen LogP contribution in [-0.4, -0.2) is 29.3 Å². The SMILES string of the molecule is CCN(CC)C(C)(C)C(=O)c1cccc(Cl)c1. The molecule has 0 saturated heterocycles. The highest BCUT2D eigenvalue weighted by Gasteiger charge is 2.33. The number of benzene rings is 1. The van der Waals surface area contributed by atoms with Crippen LogP contribution in [-0.2, 0) is 0 Å². The zero-order chi connectivity index (χ0) is 13.1. The van der Waals surface area contributed by atoms with Crippen molar-refractivity contribution in [2.45, 2.75) is 33.2 Å². The summed E-state index contributed by atoms with van der Waals surface area (Å²) in [6.07, 6.45) is 0. The minimum atomic E-state index is -0.492. The number of hydrogen-bond acceptors (Lipinski definition) is 2. The molecule has 1 aromatic carbocycles. The molecule has 3 heteroatoms. The van der Waals surface area contributed by atoms with Crippen molar-refractivity contribution in [1.82, 2.24) is 4.90 Å². The molecule has 0 aliphatic carbocycles. The molecule has 0 fully saturated rings. The number of carbonyl (C=O) groups excluding carboxylic acids is 1. The summed E-state index contributed by atoms with van der Waals surface area (Å²) in [4.78, 5) is 14.6. The fraction of sp³-hybridized carbons (Fsp3) is 0.500. The maximum Gasteiger partial charge on any atom is 0.182 e. The molecule has 1 rings (SSSR count). The second kappa shape index (κ2) is 5.65. The van der Waals surface area contributed by atoms with Gasteiger partial charge >= 0.3 is 0 Å². The molecule has 0 spiro atoms. The third kappa shape index (κ3) is 3.08. The molecule has 0 aromatic heterocycles. The third-order valence-corrected chi connectivity index (χ3v) is 3.43. The number of rotatable bonds is 5. The van der Waals surface area contributed by atoms with Gasteiger partial charge in [0, 0.05) is 10.6 Å². The van der Waals surface area contributed by atoms with E-state index in [0.717, 1.165) is 13.1 Å². The van der Waals surface area contributed by atoms with Crippen LogP contribution in [0.25, 0.3) is 0 Å². The first-order valence-electron chi connectivity index (χ1n) is 5.98. The predicted octanol–water partition coefficient (Wildman–Crippen LogP) is 3.64. The van der Waals surface area contributed by atoms with Crippen molar-refractivity contribution in [3.8, 4) is 0 Å². The van der Waals surface area contributed by atoms with Gasteiger partial charge in [-0.15, -0.1) is 0 Å². The van der Waals surface area contributed by atoms with Crippen molar-refractivity contribution >= 4 is 17.4 Å². The Balaban J connectivity index is 3.03. The molecule has 1 aromatic rings. The minimum Gasteiger partial charge on any atom is -0.292 e.